The quantitative estimate of drug-likeness (QED) is 0.629. The number of carbonyl (C=O) groups is 1. The summed E-state index contributed by atoms with van der Waals surface area (Å²) in [6.45, 7) is 2.56. The number of amides is 1. The molecule has 0 aliphatic rings. The van der Waals surface area contributed by atoms with Gasteiger partial charge >= 0.3 is 14.9 Å². The van der Waals surface area contributed by atoms with Gasteiger partial charge in [-0.15, -0.1) is 0 Å². The van der Waals surface area contributed by atoms with Crippen LogP contribution in [0.4, 0.5) is 4.79 Å². The molecular formula is C9H21NO5Si. The lowest BCUT2D eigenvalue weighted by Gasteiger charge is -2.30. The highest BCUT2D eigenvalue weighted by molar-refractivity contribution is 6.61. The summed E-state index contributed by atoms with van der Waals surface area (Å²) in [6, 6.07) is 0. The van der Waals surface area contributed by atoms with Crippen molar-refractivity contribution in [2.45, 2.75) is 13.3 Å². The van der Waals surface area contributed by atoms with Crippen molar-refractivity contribution >= 4 is 14.9 Å². The van der Waals surface area contributed by atoms with E-state index in [9.17, 15) is 4.79 Å². The van der Waals surface area contributed by atoms with E-state index < -0.39 is 14.9 Å². The van der Waals surface area contributed by atoms with Crippen LogP contribution in [-0.2, 0) is 18.0 Å². The van der Waals surface area contributed by atoms with Gasteiger partial charge < -0.3 is 22.9 Å². The van der Waals surface area contributed by atoms with Crippen molar-refractivity contribution in [1.29, 1.82) is 0 Å². The normalized spacial score (nSPS) is 11.3. The average molecular weight is 251 g/mol. The van der Waals surface area contributed by atoms with Crippen LogP contribution in [0.1, 0.15) is 13.3 Å². The summed E-state index contributed by atoms with van der Waals surface area (Å²) in [6.07, 6.45) is 0.721. The van der Waals surface area contributed by atoms with Crippen molar-refractivity contribution in [3.8, 4) is 0 Å². The molecule has 0 aliphatic heterocycles. The van der Waals surface area contributed by atoms with Crippen LogP contribution in [0.15, 0.2) is 0 Å². The van der Waals surface area contributed by atoms with E-state index in [-0.39, 0.29) is 6.17 Å². The van der Waals surface area contributed by atoms with Gasteiger partial charge in [-0.2, -0.15) is 0 Å². The number of methoxy groups -OCH3 is 1. The topological polar surface area (TPSA) is 57.2 Å². The highest BCUT2D eigenvalue weighted by Gasteiger charge is 2.41. The maximum absolute atomic E-state index is 11.5. The second-order valence-electron chi connectivity index (χ2n) is 3.19. The first-order chi connectivity index (χ1) is 7.59. The third kappa shape index (κ3) is 4.09. The van der Waals surface area contributed by atoms with Crippen molar-refractivity contribution in [3.05, 3.63) is 0 Å². The molecule has 0 aromatic heterocycles. The highest BCUT2D eigenvalue weighted by Crippen LogP contribution is 2.10. The molecule has 0 aromatic carbocycles. The first-order valence-corrected chi connectivity index (χ1v) is 7.00. The monoisotopic (exact) mass is 251 g/mol. The Morgan fingerprint density at radius 3 is 1.94 bits per heavy atom. The zero-order chi connectivity index (χ0) is 12.6. The van der Waals surface area contributed by atoms with Gasteiger partial charge in [-0.1, -0.05) is 6.92 Å². The second kappa shape index (κ2) is 7.61. The number of hydrogen-bond donors (Lipinski definition) is 0. The van der Waals surface area contributed by atoms with E-state index in [0.717, 1.165) is 6.42 Å². The lowest BCUT2D eigenvalue weighted by molar-refractivity contribution is 0.0891. The fourth-order valence-electron chi connectivity index (χ4n) is 1.31. The van der Waals surface area contributed by atoms with Crippen LogP contribution in [0.3, 0.4) is 0 Å². The predicted octanol–water partition coefficient (Wildman–Crippen LogP) is 0.882. The SMILES string of the molecule is CCCN(C[Si](OC)(OC)OC)C(=O)OC. The lowest BCUT2D eigenvalue weighted by atomic mass is 10.5. The molecule has 1 amide bonds. The van der Waals surface area contributed by atoms with Gasteiger partial charge in [0.05, 0.1) is 13.3 Å². The van der Waals surface area contributed by atoms with E-state index in [2.05, 4.69) is 4.74 Å². The van der Waals surface area contributed by atoms with Gasteiger partial charge in [-0.3, -0.25) is 0 Å². The smallest absolute Gasteiger partial charge is 0.453 e. The molecule has 0 heterocycles. The molecule has 7 heteroatoms. The fraction of sp³-hybridized carbons (Fsp3) is 0.889. The van der Waals surface area contributed by atoms with E-state index in [1.165, 1.54) is 33.3 Å². The van der Waals surface area contributed by atoms with Gasteiger partial charge in [0.1, 0.15) is 0 Å². The summed E-state index contributed by atoms with van der Waals surface area (Å²) in [7, 11) is 3.12. The minimum absolute atomic E-state index is 0.289. The zero-order valence-electron chi connectivity index (χ0n) is 10.6. The Hall–Kier alpha value is -0.633. The second-order valence-corrected chi connectivity index (χ2v) is 6.09. The molecule has 0 aromatic rings. The molecule has 0 bridgehead atoms. The highest BCUT2D eigenvalue weighted by atomic mass is 28.4. The Morgan fingerprint density at radius 1 is 1.12 bits per heavy atom. The average Bonchev–Trinajstić information content (AvgIpc) is 2.34. The Labute approximate surface area is 97.8 Å². The van der Waals surface area contributed by atoms with Crippen LogP contribution in [-0.4, -0.2) is 60.9 Å². The van der Waals surface area contributed by atoms with Crippen LogP contribution in [0.25, 0.3) is 0 Å². The number of carbonyl (C=O) groups excluding carboxylic acids is 1. The van der Waals surface area contributed by atoms with Gasteiger partial charge in [-0.05, 0) is 6.42 Å². The molecule has 16 heavy (non-hydrogen) atoms. The van der Waals surface area contributed by atoms with Gasteiger partial charge in [0.2, 0.25) is 0 Å². The minimum Gasteiger partial charge on any atom is -0.453 e. The predicted molar refractivity (Wildman–Crippen MR) is 61.1 cm³/mol. The first kappa shape index (κ1) is 15.4. The molecule has 0 saturated heterocycles. The van der Waals surface area contributed by atoms with Crippen molar-refractivity contribution < 1.29 is 22.8 Å². The standard InChI is InChI=1S/C9H21NO5Si/c1-6-7-10(9(11)12-2)8-16(13-3,14-4)15-5/h6-8H2,1-5H3. The van der Waals surface area contributed by atoms with Gasteiger partial charge in [0.15, 0.2) is 0 Å². The zero-order valence-corrected chi connectivity index (χ0v) is 11.6. The Balaban J connectivity index is 4.62. The Bertz CT molecular complexity index is 202. The van der Waals surface area contributed by atoms with Crippen LogP contribution in [0.2, 0.25) is 0 Å². The number of nitrogens with zero attached hydrogens (tertiary/aromatic N) is 1. The van der Waals surface area contributed by atoms with Crippen LogP contribution in [0, 0.1) is 0 Å². The maximum atomic E-state index is 11.5. The van der Waals surface area contributed by atoms with Crippen LogP contribution < -0.4 is 0 Å². The largest absolute Gasteiger partial charge is 0.520 e. The molecule has 0 spiro atoms. The number of hydrogen-bond acceptors (Lipinski definition) is 5. The van der Waals surface area contributed by atoms with Crippen molar-refractivity contribution in [1.82, 2.24) is 4.90 Å². The summed E-state index contributed by atoms with van der Waals surface area (Å²) in [5, 5.41) is 0. The molecule has 0 unspecified atom stereocenters. The third-order valence-electron chi connectivity index (χ3n) is 2.24. The van der Waals surface area contributed by atoms with E-state index in [1.807, 2.05) is 6.92 Å². The van der Waals surface area contributed by atoms with Gasteiger partial charge in [0, 0.05) is 27.9 Å². The van der Waals surface area contributed by atoms with E-state index in [1.54, 1.807) is 0 Å². The summed E-state index contributed by atoms with van der Waals surface area (Å²) in [5.41, 5.74) is 0. The molecule has 0 radical (unpaired) electrons. The minimum atomic E-state index is -2.77. The molecule has 96 valence electrons. The number of rotatable bonds is 7. The van der Waals surface area contributed by atoms with Crippen LogP contribution in [0.5, 0.6) is 0 Å². The summed E-state index contributed by atoms with van der Waals surface area (Å²) in [4.78, 5) is 13.0. The molecule has 0 N–H and O–H groups in total. The molecule has 0 atom stereocenters. The third-order valence-corrected chi connectivity index (χ3v) is 4.88. The van der Waals surface area contributed by atoms with Crippen molar-refractivity contribution in [2.75, 3.05) is 41.2 Å². The Kier molecular flexibility index (Phi) is 7.31. The number of ether oxygens (including phenoxy) is 1. The Morgan fingerprint density at radius 2 is 1.62 bits per heavy atom. The molecule has 6 nitrogen and oxygen atoms in total. The lowest BCUT2D eigenvalue weighted by Crippen LogP contribution is -2.55. The maximum Gasteiger partial charge on any atom is 0.520 e. The molecule has 0 saturated carbocycles. The molecule has 0 fully saturated rings. The fourth-order valence-corrected chi connectivity index (χ4v) is 2.95. The van der Waals surface area contributed by atoms with E-state index in [4.69, 9.17) is 13.3 Å². The van der Waals surface area contributed by atoms with Gasteiger partial charge in [0.25, 0.3) is 0 Å². The molecular weight excluding hydrogens is 230 g/mol. The first-order valence-electron chi connectivity index (χ1n) is 5.07. The van der Waals surface area contributed by atoms with Crippen LogP contribution >= 0.6 is 0 Å². The summed E-state index contributed by atoms with van der Waals surface area (Å²) >= 11 is 0. The van der Waals surface area contributed by atoms with E-state index >= 15 is 0 Å². The summed E-state index contributed by atoms with van der Waals surface area (Å²) < 4.78 is 20.4. The molecule has 0 aliphatic carbocycles. The van der Waals surface area contributed by atoms with Crippen molar-refractivity contribution in [2.24, 2.45) is 0 Å². The van der Waals surface area contributed by atoms with Gasteiger partial charge in [-0.25, -0.2) is 4.79 Å². The summed E-state index contributed by atoms with van der Waals surface area (Å²) in [5.74, 6) is 0. The molecule has 0 rings (SSSR count). The van der Waals surface area contributed by atoms with Crippen molar-refractivity contribution in [3.63, 3.8) is 0 Å². The van der Waals surface area contributed by atoms with E-state index in [0.29, 0.717) is 6.54 Å².